The van der Waals surface area contributed by atoms with E-state index in [1.54, 1.807) is 17.3 Å². The van der Waals surface area contributed by atoms with Crippen LogP contribution in [-0.4, -0.2) is 43.6 Å². The summed E-state index contributed by atoms with van der Waals surface area (Å²) in [6.07, 6.45) is 1.69. The number of sulfonamides is 1. The third-order valence-electron chi connectivity index (χ3n) is 3.25. The lowest BCUT2D eigenvalue weighted by Gasteiger charge is -2.26. The summed E-state index contributed by atoms with van der Waals surface area (Å²) in [6.45, 7) is 5.92. The second-order valence-corrected chi connectivity index (χ2v) is 6.86. The molecule has 1 atom stereocenters. The molecular formula is C12H21N3O3S. The van der Waals surface area contributed by atoms with Crippen LogP contribution in [0.5, 0.6) is 0 Å². The molecule has 0 saturated carbocycles. The van der Waals surface area contributed by atoms with Crippen LogP contribution in [0.1, 0.15) is 31.2 Å². The number of rotatable bonds is 6. The number of hydrogen-bond donors (Lipinski definition) is 1. The van der Waals surface area contributed by atoms with Gasteiger partial charge in [-0.1, -0.05) is 12.1 Å². The van der Waals surface area contributed by atoms with Gasteiger partial charge >= 0.3 is 0 Å². The van der Waals surface area contributed by atoms with Crippen LogP contribution in [0.15, 0.2) is 10.6 Å². The molecule has 7 heteroatoms. The lowest BCUT2D eigenvalue weighted by atomic mass is 10.2. The van der Waals surface area contributed by atoms with Gasteiger partial charge < -0.3 is 9.84 Å². The quantitative estimate of drug-likeness (QED) is 0.841. The molecule has 2 heterocycles. The molecule has 1 aromatic rings. The Kier molecular flexibility index (Phi) is 4.59. The van der Waals surface area contributed by atoms with E-state index < -0.39 is 10.0 Å². The molecule has 1 aromatic heterocycles. The van der Waals surface area contributed by atoms with Crippen molar-refractivity contribution in [2.45, 2.75) is 38.5 Å². The number of hydrogen-bond acceptors (Lipinski definition) is 5. The van der Waals surface area contributed by atoms with Crippen molar-refractivity contribution in [2.75, 3.05) is 19.6 Å². The van der Waals surface area contributed by atoms with E-state index in [2.05, 4.69) is 10.5 Å². The topological polar surface area (TPSA) is 75.4 Å². The molecule has 0 aromatic carbocycles. The van der Waals surface area contributed by atoms with Crippen LogP contribution in [-0.2, 0) is 15.8 Å². The first kappa shape index (κ1) is 14.5. The van der Waals surface area contributed by atoms with Gasteiger partial charge in [-0.25, -0.2) is 8.42 Å². The Balaban J connectivity index is 2.14. The van der Waals surface area contributed by atoms with Gasteiger partial charge in [-0.05, 0) is 26.3 Å². The van der Waals surface area contributed by atoms with Crippen LogP contribution in [0, 0.1) is 6.92 Å². The Morgan fingerprint density at radius 2 is 2.37 bits per heavy atom. The highest BCUT2D eigenvalue weighted by Crippen LogP contribution is 2.18. The highest BCUT2D eigenvalue weighted by Gasteiger charge is 2.31. The van der Waals surface area contributed by atoms with Crippen LogP contribution in [0.25, 0.3) is 0 Å². The Bertz CT molecular complexity index is 506. The van der Waals surface area contributed by atoms with Gasteiger partial charge in [-0.15, -0.1) is 0 Å². The molecule has 0 spiro atoms. The summed E-state index contributed by atoms with van der Waals surface area (Å²) in [7, 11) is -3.34. The number of nitrogens with zero attached hydrogens (tertiary/aromatic N) is 2. The van der Waals surface area contributed by atoms with Crippen molar-refractivity contribution in [3.63, 3.8) is 0 Å². The molecule has 0 amide bonds. The molecule has 2 rings (SSSR count). The maximum absolute atomic E-state index is 12.5. The Hall–Kier alpha value is -0.920. The zero-order valence-corrected chi connectivity index (χ0v) is 12.2. The fraction of sp³-hybridized carbons (Fsp3) is 0.750. The lowest BCUT2D eigenvalue weighted by Crippen LogP contribution is -2.42. The molecule has 0 bridgehead atoms. The first-order valence-corrected chi connectivity index (χ1v) is 8.26. The van der Waals surface area contributed by atoms with Gasteiger partial charge in [0.2, 0.25) is 10.0 Å². The summed E-state index contributed by atoms with van der Waals surface area (Å²) in [5.74, 6) is 0.552. The van der Waals surface area contributed by atoms with Crippen LogP contribution >= 0.6 is 0 Å². The van der Waals surface area contributed by atoms with Gasteiger partial charge in [0.05, 0.1) is 0 Å². The molecule has 1 saturated heterocycles. The molecule has 1 fully saturated rings. The summed E-state index contributed by atoms with van der Waals surface area (Å²) in [5.41, 5.74) is 0.476. The predicted octanol–water partition coefficient (Wildman–Crippen LogP) is 0.887. The molecule has 19 heavy (non-hydrogen) atoms. The second kappa shape index (κ2) is 6.02. The molecule has 1 N–H and O–H groups in total. The van der Waals surface area contributed by atoms with Crippen molar-refractivity contribution in [1.29, 1.82) is 0 Å². The summed E-state index contributed by atoms with van der Waals surface area (Å²) >= 11 is 0. The molecular weight excluding hydrogens is 266 g/mol. The summed E-state index contributed by atoms with van der Waals surface area (Å²) in [6, 6.07) is 1.74. The van der Waals surface area contributed by atoms with E-state index in [4.69, 9.17) is 4.52 Å². The van der Waals surface area contributed by atoms with E-state index in [9.17, 15) is 8.42 Å². The first-order chi connectivity index (χ1) is 9.03. The summed E-state index contributed by atoms with van der Waals surface area (Å²) < 4.78 is 31.6. The van der Waals surface area contributed by atoms with Gasteiger partial charge in [0, 0.05) is 25.2 Å². The second-order valence-electron chi connectivity index (χ2n) is 4.94. The zero-order valence-electron chi connectivity index (χ0n) is 11.4. The van der Waals surface area contributed by atoms with Crippen molar-refractivity contribution in [1.82, 2.24) is 14.8 Å². The van der Waals surface area contributed by atoms with Crippen molar-refractivity contribution in [2.24, 2.45) is 0 Å². The summed E-state index contributed by atoms with van der Waals surface area (Å²) in [5, 5.41) is 6.98. The monoisotopic (exact) mass is 287 g/mol. The average molecular weight is 287 g/mol. The fourth-order valence-corrected chi connectivity index (χ4v) is 4.18. The molecule has 0 radical (unpaired) electrons. The largest absolute Gasteiger partial charge is 0.361 e. The summed E-state index contributed by atoms with van der Waals surface area (Å²) in [4.78, 5) is 0. The molecule has 0 aliphatic carbocycles. The van der Waals surface area contributed by atoms with E-state index in [1.807, 2.05) is 6.92 Å². The minimum Gasteiger partial charge on any atom is -0.361 e. The normalized spacial score (nSPS) is 20.3. The minimum atomic E-state index is -3.34. The highest BCUT2D eigenvalue weighted by molar-refractivity contribution is 7.88. The van der Waals surface area contributed by atoms with Gasteiger partial charge in [0.25, 0.3) is 0 Å². The van der Waals surface area contributed by atoms with Crippen molar-refractivity contribution in [3.8, 4) is 0 Å². The maximum Gasteiger partial charge on any atom is 0.220 e. The minimum absolute atomic E-state index is 0.0675. The van der Waals surface area contributed by atoms with Crippen molar-refractivity contribution < 1.29 is 12.9 Å². The van der Waals surface area contributed by atoms with E-state index in [1.165, 1.54) is 0 Å². The molecule has 6 nitrogen and oxygen atoms in total. The van der Waals surface area contributed by atoms with Crippen molar-refractivity contribution in [3.05, 3.63) is 17.5 Å². The molecule has 1 aliphatic heterocycles. The molecule has 1 aliphatic rings. The van der Waals surface area contributed by atoms with E-state index >= 15 is 0 Å². The van der Waals surface area contributed by atoms with Gasteiger partial charge in [0.15, 0.2) is 0 Å². The Morgan fingerprint density at radius 3 is 2.89 bits per heavy atom. The number of aromatic nitrogens is 1. The zero-order chi connectivity index (χ0) is 13.9. The standard InChI is InChI=1S/C12H21N3O3S/c1-3-6-15(12-4-5-13-8-12)19(16,17)9-11-7-10(2)18-14-11/h7,12-13H,3-6,8-9H2,1-2H3. The third-order valence-corrected chi connectivity index (χ3v) is 5.11. The maximum atomic E-state index is 12.5. The molecule has 108 valence electrons. The number of aryl methyl sites for hydroxylation is 1. The fourth-order valence-electron chi connectivity index (χ4n) is 2.41. The average Bonchev–Trinajstić information content (AvgIpc) is 2.97. The van der Waals surface area contributed by atoms with Gasteiger partial charge in [-0.2, -0.15) is 4.31 Å². The Morgan fingerprint density at radius 1 is 1.58 bits per heavy atom. The van der Waals surface area contributed by atoms with Crippen LogP contribution in [0.4, 0.5) is 0 Å². The number of nitrogens with one attached hydrogen (secondary N) is 1. The lowest BCUT2D eigenvalue weighted by molar-refractivity contribution is 0.333. The Labute approximate surface area is 114 Å². The van der Waals surface area contributed by atoms with E-state index in [-0.39, 0.29) is 11.8 Å². The predicted molar refractivity (Wildman–Crippen MR) is 72.1 cm³/mol. The van der Waals surface area contributed by atoms with E-state index in [0.717, 1.165) is 25.9 Å². The SMILES string of the molecule is CCCN(C1CCNC1)S(=O)(=O)Cc1cc(C)on1. The van der Waals surface area contributed by atoms with Gasteiger partial charge in [0.1, 0.15) is 17.2 Å². The molecule has 1 unspecified atom stereocenters. The first-order valence-electron chi connectivity index (χ1n) is 6.65. The van der Waals surface area contributed by atoms with Gasteiger partial charge in [-0.3, -0.25) is 0 Å². The smallest absolute Gasteiger partial charge is 0.220 e. The van der Waals surface area contributed by atoms with Crippen LogP contribution in [0.3, 0.4) is 0 Å². The highest BCUT2D eigenvalue weighted by atomic mass is 32.2. The third kappa shape index (κ3) is 3.55. The van der Waals surface area contributed by atoms with E-state index in [0.29, 0.717) is 18.0 Å². The van der Waals surface area contributed by atoms with Crippen molar-refractivity contribution >= 4 is 10.0 Å². The van der Waals surface area contributed by atoms with Crippen LogP contribution in [0.2, 0.25) is 0 Å². The van der Waals surface area contributed by atoms with Crippen LogP contribution < -0.4 is 5.32 Å².